The SMILES string of the molecule is Cc1nn2cccnc2c1C(=O)NCc1ccnc(OCC2CC2)c1. The summed E-state index contributed by atoms with van der Waals surface area (Å²) in [5.74, 6) is 1.09. The van der Waals surface area contributed by atoms with Gasteiger partial charge in [0.05, 0.1) is 12.3 Å². The van der Waals surface area contributed by atoms with Crippen molar-refractivity contribution in [2.75, 3.05) is 6.61 Å². The van der Waals surface area contributed by atoms with E-state index in [1.807, 2.05) is 12.1 Å². The second-order valence-corrected chi connectivity index (χ2v) is 6.29. The van der Waals surface area contributed by atoms with Crippen molar-refractivity contribution in [3.63, 3.8) is 0 Å². The Hall–Kier alpha value is -2.96. The molecule has 7 heteroatoms. The summed E-state index contributed by atoms with van der Waals surface area (Å²) in [5, 5.41) is 7.24. The van der Waals surface area contributed by atoms with Crippen LogP contribution >= 0.6 is 0 Å². The molecule has 0 atom stereocenters. The van der Waals surface area contributed by atoms with Crippen molar-refractivity contribution >= 4 is 11.6 Å². The second kappa shape index (κ2) is 6.51. The van der Waals surface area contributed by atoms with Crippen molar-refractivity contribution in [1.29, 1.82) is 0 Å². The topological polar surface area (TPSA) is 81.4 Å². The Kier molecular flexibility index (Phi) is 4.05. The fourth-order valence-electron chi connectivity index (χ4n) is 2.66. The van der Waals surface area contributed by atoms with Crippen LogP contribution in [0.2, 0.25) is 0 Å². The first-order chi connectivity index (χ1) is 12.2. The zero-order valence-corrected chi connectivity index (χ0v) is 14.0. The van der Waals surface area contributed by atoms with E-state index in [9.17, 15) is 4.79 Å². The largest absolute Gasteiger partial charge is 0.477 e. The van der Waals surface area contributed by atoms with Gasteiger partial charge >= 0.3 is 0 Å². The number of rotatable bonds is 6. The fraction of sp³-hybridized carbons (Fsp3) is 0.333. The van der Waals surface area contributed by atoms with Gasteiger partial charge < -0.3 is 10.1 Å². The number of aromatic nitrogens is 4. The Morgan fingerprint density at radius 1 is 1.36 bits per heavy atom. The van der Waals surface area contributed by atoms with E-state index in [4.69, 9.17) is 4.74 Å². The first kappa shape index (κ1) is 15.6. The number of nitrogens with one attached hydrogen (secondary N) is 1. The number of pyridine rings is 1. The Morgan fingerprint density at radius 3 is 3.08 bits per heavy atom. The molecule has 0 aromatic carbocycles. The van der Waals surface area contributed by atoms with Crippen LogP contribution in [0.5, 0.6) is 5.88 Å². The molecular weight excluding hydrogens is 318 g/mol. The Bertz CT molecular complexity index is 917. The minimum atomic E-state index is -0.191. The maximum absolute atomic E-state index is 12.6. The molecule has 0 aliphatic heterocycles. The van der Waals surface area contributed by atoms with Crippen molar-refractivity contribution in [3.05, 3.63) is 53.6 Å². The molecule has 1 N–H and O–H groups in total. The first-order valence-corrected chi connectivity index (χ1v) is 8.36. The molecule has 0 bridgehead atoms. The third kappa shape index (κ3) is 3.45. The van der Waals surface area contributed by atoms with Crippen LogP contribution in [-0.2, 0) is 6.54 Å². The fourth-order valence-corrected chi connectivity index (χ4v) is 2.66. The van der Waals surface area contributed by atoms with Crippen LogP contribution in [0.4, 0.5) is 0 Å². The van der Waals surface area contributed by atoms with Gasteiger partial charge in [0, 0.05) is 31.2 Å². The number of carbonyl (C=O) groups is 1. The molecular formula is C18H19N5O2. The quantitative estimate of drug-likeness (QED) is 0.745. The van der Waals surface area contributed by atoms with Gasteiger partial charge in [-0.1, -0.05) is 0 Å². The van der Waals surface area contributed by atoms with Crippen molar-refractivity contribution in [2.24, 2.45) is 5.92 Å². The van der Waals surface area contributed by atoms with E-state index in [0.29, 0.717) is 35.2 Å². The number of hydrogen-bond donors (Lipinski definition) is 1. The van der Waals surface area contributed by atoms with Crippen molar-refractivity contribution in [3.8, 4) is 5.88 Å². The molecule has 128 valence electrons. The summed E-state index contributed by atoms with van der Waals surface area (Å²) in [4.78, 5) is 21.0. The van der Waals surface area contributed by atoms with Gasteiger partial charge in [-0.25, -0.2) is 14.5 Å². The predicted molar refractivity (Wildman–Crippen MR) is 91.4 cm³/mol. The molecule has 3 heterocycles. The summed E-state index contributed by atoms with van der Waals surface area (Å²) in [6.07, 6.45) is 7.61. The number of carbonyl (C=O) groups excluding carboxylic acids is 1. The molecule has 4 rings (SSSR count). The molecule has 0 spiro atoms. The Balaban J connectivity index is 1.44. The Labute approximate surface area is 145 Å². The lowest BCUT2D eigenvalue weighted by atomic mass is 10.2. The molecule has 7 nitrogen and oxygen atoms in total. The highest BCUT2D eigenvalue weighted by atomic mass is 16.5. The lowest BCUT2D eigenvalue weighted by Gasteiger charge is -2.08. The van der Waals surface area contributed by atoms with Crippen LogP contribution in [-0.4, -0.2) is 32.1 Å². The van der Waals surface area contributed by atoms with Crippen LogP contribution in [0.1, 0.15) is 34.5 Å². The standard InChI is InChI=1S/C18H19N5O2/c1-12-16(17-20-6-2-8-23(17)22-12)18(24)21-10-14-5-7-19-15(9-14)25-11-13-3-4-13/h2,5-9,13H,3-4,10-11H2,1H3,(H,21,24). The predicted octanol–water partition coefficient (Wildman–Crippen LogP) is 2.15. The number of ether oxygens (including phenoxy) is 1. The van der Waals surface area contributed by atoms with Crippen LogP contribution < -0.4 is 10.1 Å². The third-order valence-electron chi connectivity index (χ3n) is 4.21. The van der Waals surface area contributed by atoms with Gasteiger partial charge in [-0.15, -0.1) is 0 Å². The van der Waals surface area contributed by atoms with Crippen LogP contribution in [0, 0.1) is 12.8 Å². The monoisotopic (exact) mass is 337 g/mol. The average Bonchev–Trinajstić information content (AvgIpc) is 3.39. The van der Waals surface area contributed by atoms with Crippen molar-refractivity contribution in [2.45, 2.75) is 26.3 Å². The maximum Gasteiger partial charge on any atom is 0.257 e. The number of nitrogens with zero attached hydrogens (tertiary/aromatic N) is 4. The minimum absolute atomic E-state index is 0.191. The summed E-state index contributed by atoms with van der Waals surface area (Å²) in [6.45, 7) is 2.92. The molecule has 25 heavy (non-hydrogen) atoms. The number of aryl methyl sites for hydroxylation is 1. The lowest BCUT2D eigenvalue weighted by molar-refractivity contribution is 0.0951. The molecule has 1 aliphatic carbocycles. The molecule has 0 radical (unpaired) electrons. The third-order valence-corrected chi connectivity index (χ3v) is 4.21. The molecule has 1 aliphatic rings. The van der Waals surface area contributed by atoms with E-state index in [1.165, 1.54) is 12.8 Å². The van der Waals surface area contributed by atoms with E-state index in [-0.39, 0.29) is 5.91 Å². The summed E-state index contributed by atoms with van der Waals surface area (Å²) < 4.78 is 7.29. The summed E-state index contributed by atoms with van der Waals surface area (Å²) in [7, 11) is 0. The second-order valence-electron chi connectivity index (χ2n) is 6.29. The summed E-state index contributed by atoms with van der Waals surface area (Å²) >= 11 is 0. The smallest absolute Gasteiger partial charge is 0.257 e. The van der Waals surface area contributed by atoms with Gasteiger partial charge in [0.1, 0.15) is 5.56 Å². The van der Waals surface area contributed by atoms with Gasteiger partial charge in [0.2, 0.25) is 5.88 Å². The van der Waals surface area contributed by atoms with Gasteiger partial charge in [0.15, 0.2) is 5.65 Å². The molecule has 0 unspecified atom stereocenters. The normalized spacial score (nSPS) is 13.8. The highest BCUT2D eigenvalue weighted by Crippen LogP contribution is 2.29. The first-order valence-electron chi connectivity index (χ1n) is 8.36. The highest BCUT2D eigenvalue weighted by molar-refractivity contribution is 6.00. The van der Waals surface area contributed by atoms with Gasteiger partial charge in [-0.2, -0.15) is 5.10 Å². The van der Waals surface area contributed by atoms with E-state index < -0.39 is 0 Å². The number of amides is 1. The Morgan fingerprint density at radius 2 is 2.24 bits per heavy atom. The van der Waals surface area contributed by atoms with Crippen LogP contribution in [0.3, 0.4) is 0 Å². The van der Waals surface area contributed by atoms with Gasteiger partial charge in [-0.05, 0) is 43.4 Å². The zero-order valence-electron chi connectivity index (χ0n) is 14.0. The van der Waals surface area contributed by atoms with Gasteiger partial charge in [-0.3, -0.25) is 4.79 Å². The van der Waals surface area contributed by atoms with Crippen LogP contribution in [0.25, 0.3) is 5.65 Å². The molecule has 1 amide bonds. The summed E-state index contributed by atoms with van der Waals surface area (Å²) in [5.41, 5.74) is 2.65. The number of fused-ring (bicyclic) bond motifs is 1. The van der Waals surface area contributed by atoms with Gasteiger partial charge in [0.25, 0.3) is 5.91 Å². The maximum atomic E-state index is 12.6. The molecule has 3 aromatic rings. The highest BCUT2D eigenvalue weighted by Gasteiger charge is 2.22. The molecule has 0 saturated heterocycles. The van der Waals surface area contributed by atoms with E-state index in [1.54, 1.807) is 36.1 Å². The number of hydrogen-bond acceptors (Lipinski definition) is 5. The molecule has 3 aromatic heterocycles. The zero-order chi connectivity index (χ0) is 17.2. The van der Waals surface area contributed by atoms with E-state index in [2.05, 4.69) is 20.4 Å². The van der Waals surface area contributed by atoms with Crippen molar-refractivity contribution < 1.29 is 9.53 Å². The molecule has 1 fully saturated rings. The summed E-state index contributed by atoms with van der Waals surface area (Å²) in [6, 6.07) is 5.51. The average molecular weight is 337 g/mol. The lowest BCUT2D eigenvalue weighted by Crippen LogP contribution is -2.23. The van der Waals surface area contributed by atoms with Crippen LogP contribution in [0.15, 0.2) is 36.8 Å². The minimum Gasteiger partial charge on any atom is -0.477 e. The molecule has 1 saturated carbocycles. The van der Waals surface area contributed by atoms with E-state index in [0.717, 1.165) is 12.2 Å². The van der Waals surface area contributed by atoms with E-state index >= 15 is 0 Å². The van der Waals surface area contributed by atoms with Crippen molar-refractivity contribution in [1.82, 2.24) is 24.9 Å².